The van der Waals surface area contributed by atoms with Crippen molar-refractivity contribution in [3.05, 3.63) is 169 Å². The fourth-order valence-electron chi connectivity index (χ4n) is 8.42. The molecule has 0 aliphatic carbocycles. The number of furan rings is 1. The summed E-state index contributed by atoms with van der Waals surface area (Å²) in [7, 11) is 0. The Morgan fingerprint density at radius 3 is 1.91 bits per heavy atom. The Labute approximate surface area is 305 Å². The molecule has 0 saturated carbocycles. The number of aromatic nitrogens is 4. The van der Waals surface area contributed by atoms with E-state index in [-0.39, 0.29) is 5.41 Å². The van der Waals surface area contributed by atoms with E-state index < -0.39 is 0 Å². The number of hydrogen-bond acceptors (Lipinski definition) is 4. The van der Waals surface area contributed by atoms with Gasteiger partial charge in [0.25, 0.3) is 0 Å². The highest BCUT2D eigenvalue weighted by molar-refractivity contribution is 6.14. The van der Waals surface area contributed by atoms with Gasteiger partial charge in [-0.05, 0) is 64.7 Å². The van der Waals surface area contributed by atoms with E-state index in [1.165, 1.54) is 44.2 Å². The van der Waals surface area contributed by atoms with Gasteiger partial charge in [0.2, 0.25) is 0 Å². The van der Waals surface area contributed by atoms with Gasteiger partial charge in [-0.25, -0.2) is 15.0 Å². The molecular formula is C48H32N4O. The van der Waals surface area contributed by atoms with Crippen molar-refractivity contribution in [1.29, 1.82) is 0 Å². The Kier molecular flexibility index (Phi) is 6.23. The number of para-hydroxylation sites is 3. The summed E-state index contributed by atoms with van der Waals surface area (Å²) >= 11 is 0. The minimum Gasteiger partial charge on any atom is -0.455 e. The van der Waals surface area contributed by atoms with Crippen molar-refractivity contribution >= 4 is 43.7 Å². The fourth-order valence-corrected chi connectivity index (χ4v) is 8.42. The summed E-state index contributed by atoms with van der Waals surface area (Å²) in [5, 5.41) is 4.61. The second-order valence-electron chi connectivity index (χ2n) is 14.4. The van der Waals surface area contributed by atoms with Crippen molar-refractivity contribution in [3.8, 4) is 51.0 Å². The monoisotopic (exact) mass is 680 g/mol. The van der Waals surface area contributed by atoms with E-state index in [0.717, 1.165) is 44.2 Å². The molecule has 0 radical (unpaired) electrons. The van der Waals surface area contributed by atoms with Gasteiger partial charge in [0.15, 0.2) is 17.5 Å². The van der Waals surface area contributed by atoms with Crippen molar-refractivity contribution in [2.75, 3.05) is 0 Å². The smallest absolute Gasteiger partial charge is 0.167 e. The van der Waals surface area contributed by atoms with E-state index in [0.29, 0.717) is 17.5 Å². The van der Waals surface area contributed by atoms with Crippen LogP contribution < -0.4 is 0 Å². The van der Waals surface area contributed by atoms with Crippen LogP contribution in [0, 0.1) is 0 Å². The lowest BCUT2D eigenvalue weighted by molar-refractivity contribution is 0.630. The average Bonchev–Trinajstić information content (AvgIpc) is 3.76. The maximum atomic E-state index is 6.80. The average molecular weight is 681 g/mol. The molecule has 5 heteroatoms. The van der Waals surface area contributed by atoms with Crippen molar-refractivity contribution in [2.24, 2.45) is 0 Å². The van der Waals surface area contributed by atoms with Gasteiger partial charge in [-0.15, -0.1) is 0 Å². The van der Waals surface area contributed by atoms with Gasteiger partial charge in [-0.3, -0.25) is 0 Å². The molecule has 5 nitrogen and oxygen atoms in total. The van der Waals surface area contributed by atoms with Crippen molar-refractivity contribution < 1.29 is 4.42 Å². The fraction of sp³-hybridized carbons (Fsp3) is 0.0625. The van der Waals surface area contributed by atoms with E-state index in [1.54, 1.807) is 0 Å². The second kappa shape index (κ2) is 11.1. The lowest BCUT2D eigenvalue weighted by atomic mass is 9.74. The van der Waals surface area contributed by atoms with E-state index in [1.807, 2.05) is 66.7 Å². The number of benzene rings is 7. The van der Waals surface area contributed by atoms with E-state index in [2.05, 4.69) is 109 Å². The highest BCUT2D eigenvalue weighted by Gasteiger charge is 2.35. The topological polar surface area (TPSA) is 56.7 Å². The van der Waals surface area contributed by atoms with E-state index in [9.17, 15) is 0 Å². The Balaban J connectivity index is 1.10. The molecule has 0 spiro atoms. The minimum atomic E-state index is -0.185. The summed E-state index contributed by atoms with van der Waals surface area (Å²) in [6, 6.07) is 55.3. The summed E-state index contributed by atoms with van der Waals surface area (Å²) in [4.78, 5) is 14.9. The summed E-state index contributed by atoms with van der Waals surface area (Å²) in [5.74, 6) is 1.82. The molecule has 10 aromatic rings. The Bertz CT molecular complexity index is 3020. The van der Waals surface area contributed by atoms with Crippen LogP contribution in [0.4, 0.5) is 0 Å². The predicted molar refractivity (Wildman–Crippen MR) is 215 cm³/mol. The molecule has 11 rings (SSSR count). The van der Waals surface area contributed by atoms with Crippen LogP contribution in [0.1, 0.15) is 25.0 Å². The zero-order chi connectivity index (χ0) is 35.3. The van der Waals surface area contributed by atoms with Gasteiger partial charge >= 0.3 is 0 Å². The molecule has 0 atom stereocenters. The van der Waals surface area contributed by atoms with Crippen LogP contribution in [0.2, 0.25) is 0 Å². The first kappa shape index (κ1) is 29.8. The molecule has 1 aliphatic heterocycles. The number of hydrogen-bond donors (Lipinski definition) is 0. The Hall–Kier alpha value is -6.85. The molecule has 0 bridgehead atoms. The third-order valence-electron chi connectivity index (χ3n) is 11.0. The molecule has 0 unspecified atom stereocenters. The summed E-state index contributed by atoms with van der Waals surface area (Å²) in [6.07, 6.45) is 0. The van der Waals surface area contributed by atoms with E-state index in [4.69, 9.17) is 19.4 Å². The third kappa shape index (κ3) is 4.40. The number of fused-ring (bicyclic) bond motifs is 8. The normalized spacial score (nSPS) is 13.2. The minimum absolute atomic E-state index is 0.185. The summed E-state index contributed by atoms with van der Waals surface area (Å²) < 4.78 is 9.26. The lowest BCUT2D eigenvalue weighted by Gasteiger charge is -2.35. The third-order valence-corrected chi connectivity index (χ3v) is 11.0. The van der Waals surface area contributed by atoms with E-state index >= 15 is 0 Å². The first-order chi connectivity index (χ1) is 26.0. The standard InChI is InChI=1S/C48H32N4O/c1-48(2)38-21-10-12-23-41(38)52-40-22-11-9-18-33(40)37-26-32(27-39(48)43(37)52)31-24-25-34-35-19-13-20-36(44(35)53-42(34)28-31)47-50-45(29-14-5-3-6-15-29)49-46(51-47)30-16-7-4-8-17-30/h3-28H,1-2H3. The van der Waals surface area contributed by atoms with Gasteiger partial charge < -0.3 is 8.98 Å². The number of rotatable bonds is 4. The van der Waals surface area contributed by atoms with Crippen LogP contribution in [-0.2, 0) is 5.41 Å². The molecule has 53 heavy (non-hydrogen) atoms. The lowest BCUT2D eigenvalue weighted by Crippen LogP contribution is -2.26. The van der Waals surface area contributed by atoms with Crippen LogP contribution in [0.25, 0.3) is 94.7 Å². The molecule has 7 aromatic carbocycles. The maximum absolute atomic E-state index is 6.80. The molecule has 0 amide bonds. The Morgan fingerprint density at radius 2 is 1.13 bits per heavy atom. The molecule has 4 heterocycles. The molecular weight excluding hydrogens is 649 g/mol. The second-order valence-corrected chi connectivity index (χ2v) is 14.4. The van der Waals surface area contributed by atoms with Crippen LogP contribution in [0.5, 0.6) is 0 Å². The quantitative estimate of drug-likeness (QED) is 0.186. The van der Waals surface area contributed by atoms with Gasteiger partial charge in [0, 0.05) is 38.1 Å². The molecule has 1 aliphatic rings. The SMILES string of the molecule is CC1(C)c2ccccc2-n2c3ccccc3c3cc(-c4ccc5c(c4)oc4c(-c6nc(-c7ccccc7)nc(-c7ccccc7)n6)cccc45)cc1c32. The van der Waals surface area contributed by atoms with Gasteiger partial charge in [0.1, 0.15) is 11.2 Å². The van der Waals surface area contributed by atoms with Crippen LogP contribution >= 0.6 is 0 Å². The van der Waals surface area contributed by atoms with Crippen molar-refractivity contribution in [2.45, 2.75) is 19.3 Å². The molecule has 0 saturated heterocycles. The van der Waals surface area contributed by atoms with Gasteiger partial charge in [-0.2, -0.15) is 0 Å². The summed E-state index contributed by atoms with van der Waals surface area (Å²) in [6.45, 7) is 4.70. The highest BCUT2D eigenvalue weighted by atomic mass is 16.3. The molecule has 3 aromatic heterocycles. The van der Waals surface area contributed by atoms with Gasteiger partial charge in [0.05, 0.1) is 22.3 Å². The number of nitrogens with zero attached hydrogens (tertiary/aromatic N) is 4. The van der Waals surface area contributed by atoms with Crippen LogP contribution in [-0.4, -0.2) is 19.5 Å². The van der Waals surface area contributed by atoms with Crippen molar-refractivity contribution in [3.63, 3.8) is 0 Å². The first-order valence-electron chi connectivity index (χ1n) is 18.0. The maximum Gasteiger partial charge on any atom is 0.167 e. The highest BCUT2D eigenvalue weighted by Crippen LogP contribution is 2.49. The van der Waals surface area contributed by atoms with Gasteiger partial charge in [-0.1, -0.05) is 129 Å². The van der Waals surface area contributed by atoms with Crippen molar-refractivity contribution in [1.82, 2.24) is 19.5 Å². The predicted octanol–water partition coefficient (Wildman–Crippen LogP) is 12.2. The molecule has 0 N–H and O–H groups in total. The zero-order valence-corrected chi connectivity index (χ0v) is 29.2. The molecule has 250 valence electrons. The molecule has 0 fully saturated rings. The zero-order valence-electron chi connectivity index (χ0n) is 29.2. The largest absolute Gasteiger partial charge is 0.455 e. The van der Waals surface area contributed by atoms with Crippen LogP contribution in [0.15, 0.2) is 162 Å². The Morgan fingerprint density at radius 1 is 0.472 bits per heavy atom. The summed E-state index contributed by atoms with van der Waals surface area (Å²) in [5.41, 5.74) is 12.8. The first-order valence-corrected chi connectivity index (χ1v) is 18.0. The van der Waals surface area contributed by atoms with Crippen LogP contribution in [0.3, 0.4) is 0 Å².